The van der Waals surface area contributed by atoms with Crippen LogP contribution in [0.2, 0.25) is 0 Å². The Morgan fingerprint density at radius 1 is 1.50 bits per heavy atom. The van der Waals surface area contributed by atoms with Gasteiger partial charge in [-0.3, -0.25) is 0 Å². The summed E-state index contributed by atoms with van der Waals surface area (Å²) in [6.45, 7) is 3.78. The minimum Gasteiger partial charge on any atom is -0.402 e. The van der Waals surface area contributed by atoms with Gasteiger partial charge in [0.15, 0.2) is 0 Å². The number of rotatable bonds is 2. The van der Waals surface area contributed by atoms with E-state index in [4.69, 9.17) is 23.1 Å². The number of halogens is 1. The lowest BCUT2D eigenvalue weighted by Gasteiger charge is -1.98. The molecule has 0 atom stereocenters. The molecule has 0 aliphatic carbocycles. The molecule has 0 saturated carbocycles. The highest BCUT2D eigenvalue weighted by Gasteiger charge is 1.93. The van der Waals surface area contributed by atoms with Crippen molar-refractivity contribution in [3.05, 3.63) is 22.5 Å². The molecule has 0 bridgehead atoms. The first-order valence-corrected chi connectivity index (χ1v) is 3.53. The van der Waals surface area contributed by atoms with Crippen molar-refractivity contribution in [1.82, 2.24) is 0 Å². The molecule has 0 fully saturated rings. The highest BCUT2D eigenvalue weighted by molar-refractivity contribution is 6.29. The quantitative estimate of drug-likeness (QED) is 0.477. The van der Waals surface area contributed by atoms with Gasteiger partial charge in [0.1, 0.15) is 5.16 Å². The zero-order valence-electron chi connectivity index (χ0n) is 6.32. The van der Waals surface area contributed by atoms with Crippen molar-refractivity contribution < 1.29 is 0 Å². The maximum atomic E-state index is 5.55. The number of hydrogen-bond donors (Lipinski definition) is 2. The van der Waals surface area contributed by atoms with Gasteiger partial charge in [-0.15, -0.1) is 0 Å². The molecule has 58 valence electrons. The van der Waals surface area contributed by atoms with Crippen LogP contribution >= 0.6 is 11.6 Å². The zero-order chi connectivity index (χ0) is 8.15. The van der Waals surface area contributed by atoms with Crippen LogP contribution in [-0.4, -0.2) is 0 Å². The first-order chi connectivity index (χ1) is 4.57. The lowest BCUT2D eigenvalue weighted by atomic mass is 10.2. The smallest absolute Gasteiger partial charge is 0.102 e. The molecule has 4 N–H and O–H groups in total. The monoisotopic (exact) mass is 160 g/mol. The maximum Gasteiger partial charge on any atom is 0.102 e. The summed E-state index contributed by atoms with van der Waals surface area (Å²) in [7, 11) is 0. The fourth-order valence-corrected chi connectivity index (χ4v) is 0.803. The van der Waals surface area contributed by atoms with Crippen molar-refractivity contribution in [3.8, 4) is 0 Å². The molecule has 0 aliphatic heterocycles. The molecule has 0 aromatic heterocycles. The fourth-order valence-electron chi connectivity index (χ4n) is 0.615. The molecule has 3 heteroatoms. The summed E-state index contributed by atoms with van der Waals surface area (Å²) < 4.78 is 0. The normalized spacial score (nSPS) is 14.9. The fraction of sp³-hybridized carbons (Fsp3) is 0.429. The van der Waals surface area contributed by atoms with Crippen molar-refractivity contribution in [2.75, 3.05) is 0 Å². The Bertz CT molecular complexity index is 162. The van der Waals surface area contributed by atoms with E-state index < -0.39 is 0 Å². The molecule has 0 spiro atoms. The van der Waals surface area contributed by atoms with Crippen molar-refractivity contribution in [2.45, 2.75) is 20.3 Å². The molecule has 0 rings (SSSR count). The lowest BCUT2D eigenvalue weighted by Crippen LogP contribution is -1.97. The van der Waals surface area contributed by atoms with Crippen LogP contribution in [0.5, 0.6) is 0 Å². The second-order valence-corrected chi connectivity index (χ2v) is 2.52. The van der Waals surface area contributed by atoms with Gasteiger partial charge in [0.25, 0.3) is 0 Å². The van der Waals surface area contributed by atoms with Gasteiger partial charge in [-0.05, 0) is 25.0 Å². The summed E-state index contributed by atoms with van der Waals surface area (Å²) in [6.07, 6.45) is 2.59. The highest BCUT2D eigenvalue weighted by Crippen LogP contribution is 2.09. The summed E-state index contributed by atoms with van der Waals surface area (Å²) in [4.78, 5) is 0. The van der Waals surface area contributed by atoms with Gasteiger partial charge < -0.3 is 11.5 Å². The van der Waals surface area contributed by atoms with Gasteiger partial charge in [0.2, 0.25) is 0 Å². The molecule has 0 aromatic carbocycles. The number of nitrogens with two attached hydrogens (primary N) is 2. The standard InChI is InChI=1S/C7H13ClN2/c1-3-6(7(8)10)4-5(2)9/h4H,3,9-10H2,1-2H3/b5-4-,7-6-. The molecular formula is C7H13ClN2. The first kappa shape index (κ1) is 9.37. The van der Waals surface area contributed by atoms with Gasteiger partial charge in [0, 0.05) is 5.70 Å². The van der Waals surface area contributed by atoms with E-state index in [9.17, 15) is 0 Å². The van der Waals surface area contributed by atoms with E-state index in [2.05, 4.69) is 0 Å². The minimum absolute atomic E-state index is 0.326. The average Bonchev–Trinajstić information content (AvgIpc) is 1.81. The summed E-state index contributed by atoms with van der Waals surface area (Å²) >= 11 is 5.55. The first-order valence-electron chi connectivity index (χ1n) is 3.15. The van der Waals surface area contributed by atoms with Crippen LogP contribution in [0.3, 0.4) is 0 Å². The predicted octanol–water partition coefficient (Wildman–Crippen LogP) is 1.67. The molecule has 2 nitrogen and oxygen atoms in total. The van der Waals surface area contributed by atoms with E-state index in [0.717, 1.165) is 17.7 Å². The molecule has 0 saturated heterocycles. The van der Waals surface area contributed by atoms with Crippen LogP contribution < -0.4 is 11.5 Å². The van der Waals surface area contributed by atoms with Crippen molar-refractivity contribution in [1.29, 1.82) is 0 Å². The van der Waals surface area contributed by atoms with Gasteiger partial charge >= 0.3 is 0 Å². The minimum atomic E-state index is 0.326. The van der Waals surface area contributed by atoms with Crippen LogP contribution in [0.25, 0.3) is 0 Å². The number of allylic oxidation sites excluding steroid dienone is 3. The second kappa shape index (κ2) is 4.23. The van der Waals surface area contributed by atoms with E-state index in [1.807, 2.05) is 6.92 Å². The van der Waals surface area contributed by atoms with Crippen LogP contribution in [0.1, 0.15) is 20.3 Å². The van der Waals surface area contributed by atoms with Crippen LogP contribution in [0.15, 0.2) is 22.5 Å². The van der Waals surface area contributed by atoms with Gasteiger partial charge in [-0.25, -0.2) is 0 Å². The molecule has 0 amide bonds. The third kappa shape index (κ3) is 3.41. The highest BCUT2D eigenvalue weighted by atomic mass is 35.5. The van der Waals surface area contributed by atoms with Crippen LogP contribution in [0.4, 0.5) is 0 Å². The Morgan fingerprint density at radius 2 is 2.00 bits per heavy atom. The topological polar surface area (TPSA) is 52.0 Å². The van der Waals surface area contributed by atoms with Crippen molar-refractivity contribution >= 4 is 11.6 Å². The molecule has 10 heavy (non-hydrogen) atoms. The Balaban J connectivity index is 4.40. The molecule has 0 unspecified atom stereocenters. The number of hydrogen-bond acceptors (Lipinski definition) is 2. The van der Waals surface area contributed by atoms with E-state index >= 15 is 0 Å². The van der Waals surface area contributed by atoms with Gasteiger partial charge in [-0.2, -0.15) is 0 Å². The van der Waals surface area contributed by atoms with Crippen molar-refractivity contribution in [3.63, 3.8) is 0 Å². The second-order valence-electron chi connectivity index (χ2n) is 2.12. The predicted molar refractivity (Wildman–Crippen MR) is 45.3 cm³/mol. The molecule has 0 heterocycles. The third-order valence-electron chi connectivity index (χ3n) is 1.09. The van der Waals surface area contributed by atoms with Crippen LogP contribution in [0, 0.1) is 0 Å². The lowest BCUT2D eigenvalue weighted by molar-refractivity contribution is 1.11. The Kier molecular flexibility index (Phi) is 3.96. The van der Waals surface area contributed by atoms with E-state index in [0.29, 0.717) is 5.16 Å². The summed E-state index contributed by atoms with van der Waals surface area (Å²) in [5.41, 5.74) is 12.4. The van der Waals surface area contributed by atoms with Gasteiger partial charge in [0.05, 0.1) is 0 Å². The largest absolute Gasteiger partial charge is 0.402 e. The van der Waals surface area contributed by atoms with E-state index in [1.165, 1.54) is 0 Å². The van der Waals surface area contributed by atoms with E-state index in [-0.39, 0.29) is 0 Å². The summed E-state index contributed by atoms with van der Waals surface area (Å²) in [5.74, 6) is 0. The molecule has 0 radical (unpaired) electrons. The average molecular weight is 161 g/mol. The Labute approximate surface area is 66.5 Å². The molecule has 0 aromatic rings. The Morgan fingerprint density at radius 3 is 2.10 bits per heavy atom. The van der Waals surface area contributed by atoms with Crippen LogP contribution in [-0.2, 0) is 0 Å². The zero-order valence-corrected chi connectivity index (χ0v) is 7.07. The molecule has 0 aliphatic rings. The molecular weight excluding hydrogens is 148 g/mol. The maximum absolute atomic E-state index is 5.55. The van der Waals surface area contributed by atoms with Gasteiger partial charge in [-0.1, -0.05) is 18.5 Å². The summed E-state index contributed by atoms with van der Waals surface area (Å²) in [5, 5.41) is 0.326. The summed E-state index contributed by atoms with van der Waals surface area (Å²) in [6, 6.07) is 0. The third-order valence-corrected chi connectivity index (χ3v) is 1.33. The van der Waals surface area contributed by atoms with E-state index in [1.54, 1.807) is 13.0 Å². The SMILES string of the molecule is CCC(/C=C(/C)N)=C(/N)Cl. The van der Waals surface area contributed by atoms with Crippen molar-refractivity contribution in [2.24, 2.45) is 11.5 Å². The Hall–Kier alpha value is -0.630.